The van der Waals surface area contributed by atoms with Gasteiger partial charge in [0.15, 0.2) is 16.6 Å². The highest BCUT2D eigenvalue weighted by Crippen LogP contribution is 2.55. The van der Waals surface area contributed by atoms with E-state index < -0.39 is 22.2 Å². The minimum absolute atomic E-state index is 0.0185. The fourth-order valence-electron chi connectivity index (χ4n) is 7.37. The van der Waals surface area contributed by atoms with E-state index in [1.54, 1.807) is 0 Å². The van der Waals surface area contributed by atoms with E-state index in [1.165, 1.54) is 37.7 Å². The second-order valence-corrected chi connectivity index (χ2v) is 28.1. The Morgan fingerprint density at radius 2 is 1.55 bits per heavy atom. The van der Waals surface area contributed by atoms with Crippen LogP contribution in [0.15, 0.2) is 36.0 Å². The Balaban J connectivity index is 2.32. The first kappa shape index (κ1) is 39.7. The predicted octanol–water partition coefficient (Wildman–Crippen LogP) is 12.0. The van der Waals surface area contributed by atoms with E-state index >= 15 is 0 Å². The van der Waals surface area contributed by atoms with Gasteiger partial charge in [-0.15, -0.1) is 0 Å². The minimum atomic E-state index is -1.97. The standard InChI is InChI=1S/C39H74O3Si2/c1-17-25-39(12)32(23-24-34(39)29(2)20-19-26-38(10,11)40)22-18-21-31-27-33(41-43(13,14)36(4,5)6)28-35(30(31)3)42-44(15,16)37(7,8)9/h18,21-22,29,32-35,40H,3,17,19-20,23-28H2,1-2,4-16H3/t29-,32?,33?,34-,35?,39+/m1/s1. The molecular weight excluding hydrogens is 573 g/mol. The van der Waals surface area contributed by atoms with Gasteiger partial charge in [-0.2, -0.15) is 0 Å². The molecule has 5 heteroatoms. The van der Waals surface area contributed by atoms with Gasteiger partial charge in [0.1, 0.15) is 0 Å². The summed E-state index contributed by atoms with van der Waals surface area (Å²) in [6, 6.07) is 0. The first-order valence-electron chi connectivity index (χ1n) is 18.0. The Hall–Kier alpha value is -0.466. The fraction of sp³-hybridized carbons (Fsp3) is 0.846. The van der Waals surface area contributed by atoms with Gasteiger partial charge in [-0.3, -0.25) is 0 Å². The molecule has 0 saturated heterocycles. The van der Waals surface area contributed by atoms with Crippen molar-refractivity contribution in [1.29, 1.82) is 0 Å². The Morgan fingerprint density at radius 1 is 0.977 bits per heavy atom. The van der Waals surface area contributed by atoms with Crippen LogP contribution in [0, 0.1) is 23.2 Å². The van der Waals surface area contributed by atoms with Crippen molar-refractivity contribution in [2.24, 2.45) is 23.2 Å². The van der Waals surface area contributed by atoms with Crippen LogP contribution in [-0.4, -0.2) is 39.6 Å². The fourth-order valence-corrected chi connectivity index (χ4v) is 10.0. The van der Waals surface area contributed by atoms with Gasteiger partial charge in [0.25, 0.3) is 0 Å². The average Bonchev–Trinajstić information content (AvgIpc) is 3.15. The van der Waals surface area contributed by atoms with Crippen LogP contribution in [0.3, 0.4) is 0 Å². The molecule has 0 spiro atoms. The minimum Gasteiger partial charge on any atom is -0.413 e. The molecule has 0 aromatic rings. The van der Waals surface area contributed by atoms with Crippen molar-refractivity contribution < 1.29 is 14.0 Å². The van der Waals surface area contributed by atoms with E-state index in [0.29, 0.717) is 17.3 Å². The molecule has 2 rings (SSSR count). The lowest BCUT2D eigenvalue weighted by Gasteiger charge is -2.45. The van der Waals surface area contributed by atoms with Crippen LogP contribution < -0.4 is 0 Å². The largest absolute Gasteiger partial charge is 0.413 e. The first-order valence-corrected chi connectivity index (χ1v) is 23.8. The Labute approximate surface area is 277 Å². The van der Waals surface area contributed by atoms with Crippen molar-refractivity contribution in [2.75, 3.05) is 0 Å². The number of rotatable bonds is 13. The lowest BCUT2D eigenvalue weighted by atomic mass is 9.66. The first-order chi connectivity index (χ1) is 19.8. The molecule has 2 aliphatic carbocycles. The van der Waals surface area contributed by atoms with Crippen LogP contribution >= 0.6 is 0 Å². The summed E-state index contributed by atoms with van der Waals surface area (Å²) in [5.41, 5.74) is 2.24. The molecular formula is C39H74O3Si2. The molecule has 3 nitrogen and oxygen atoms in total. The van der Waals surface area contributed by atoms with Gasteiger partial charge >= 0.3 is 0 Å². The lowest BCUT2D eigenvalue weighted by Crippen LogP contribution is -2.49. The van der Waals surface area contributed by atoms with Gasteiger partial charge < -0.3 is 14.0 Å². The van der Waals surface area contributed by atoms with Gasteiger partial charge in [-0.1, -0.05) is 106 Å². The zero-order chi connectivity index (χ0) is 33.9. The predicted molar refractivity (Wildman–Crippen MR) is 198 cm³/mol. The molecule has 1 N–H and O–H groups in total. The normalized spacial score (nSPS) is 29.6. The number of hydrogen-bond donors (Lipinski definition) is 1. The molecule has 256 valence electrons. The highest BCUT2D eigenvalue weighted by atomic mass is 28.4. The van der Waals surface area contributed by atoms with Gasteiger partial charge in [-0.05, 0) is 117 Å². The molecule has 2 saturated carbocycles. The monoisotopic (exact) mass is 647 g/mol. The van der Waals surface area contributed by atoms with Gasteiger partial charge in [0.05, 0.1) is 17.8 Å². The third-order valence-corrected chi connectivity index (χ3v) is 21.3. The summed E-state index contributed by atoms with van der Waals surface area (Å²) in [7, 11) is -3.89. The van der Waals surface area contributed by atoms with Crippen molar-refractivity contribution in [3.8, 4) is 0 Å². The van der Waals surface area contributed by atoms with Crippen LogP contribution in [0.1, 0.15) is 134 Å². The maximum atomic E-state index is 10.2. The summed E-state index contributed by atoms with van der Waals surface area (Å²) in [5.74, 6) is 2.02. The van der Waals surface area contributed by atoms with Gasteiger partial charge in [0, 0.05) is 6.42 Å². The molecule has 0 heterocycles. The lowest BCUT2D eigenvalue weighted by molar-refractivity contribution is 0.0619. The second-order valence-electron chi connectivity index (χ2n) is 18.6. The van der Waals surface area contributed by atoms with E-state index in [9.17, 15) is 5.11 Å². The van der Waals surface area contributed by atoms with Crippen molar-refractivity contribution >= 4 is 16.6 Å². The average molecular weight is 647 g/mol. The van der Waals surface area contributed by atoms with Crippen molar-refractivity contribution in [2.45, 2.75) is 188 Å². The Kier molecular flexibility index (Phi) is 13.3. The summed E-state index contributed by atoms with van der Waals surface area (Å²) in [4.78, 5) is 0. The van der Waals surface area contributed by atoms with Crippen molar-refractivity contribution in [1.82, 2.24) is 0 Å². The molecule has 0 amide bonds. The van der Waals surface area contributed by atoms with Crippen LogP contribution in [-0.2, 0) is 8.85 Å². The number of hydrogen-bond acceptors (Lipinski definition) is 3. The number of allylic oxidation sites excluding steroid dienone is 3. The highest BCUT2D eigenvalue weighted by molar-refractivity contribution is 6.74. The smallest absolute Gasteiger partial charge is 0.192 e. The van der Waals surface area contributed by atoms with Crippen LogP contribution in [0.4, 0.5) is 0 Å². The highest BCUT2D eigenvalue weighted by Gasteiger charge is 2.47. The summed E-state index contributed by atoms with van der Waals surface area (Å²) < 4.78 is 14.1. The molecule has 0 radical (unpaired) electrons. The molecule has 0 aromatic carbocycles. The van der Waals surface area contributed by atoms with Gasteiger partial charge in [0.2, 0.25) is 0 Å². The molecule has 6 atom stereocenters. The zero-order valence-corrected chi connectivity index (χ0v) is 34.0. The summed E-state index contributed by atoms with van der Waals surface area (Å²) in [6.45, 7) is 39.3. The van der Waals surface area contributed by atoms with E-state index in [2.05, 4.69) is 113 Å². The van der Waals surface area contributed by atoms with Crippen molar-refractivity contribution in [3.05, 3.63) is 36.0 Å². The van der Waals surface area contributed by atoms with E-state index in [-0.39, 0.29) is 22.3 Å². The molecule has 2 aliphatic rings. The maximum Gasteiger partial charge on any atom is 0.192 e. The number of aliphatic hydroxyl groups is 1. The van der Waals surface area contributed by atoms with Crippen LogP contribution in [0.2, 0.25) is 36.3 Å². The third kappa shape index (κ3) is 10.3. The van der Waals surface area contributed by atoms with Crippen LogP contribution in [0.25, 0.3) is 0 Å². The molecule has 3 unspecified atom stereocenters. The van der Waals surface area contributed by atoms with E-state index in [4.69, 9.17) is 8.85 Å². The van der Waals surface area contributed by atoms with Gasteiger partial charge in [-0.25, -0.2) is 0 Å². The quantitative estimate of drug-likeness (QED) is 0.202. The van der Waals surface area contributed by atoms with E-state index in [0.717, 1.165) is 37.2 Å². The summed E-state index contributed by atoms with van der Waals surface area (Å²) in [5, 5.41) is 10.6. The van der Waals surface area contributed by atoms with E-state index in [1.807, 2.05) is 13.8 Å². The summed E-state index contributed by atoms with van der Waals surface area (Å²) in [6.07, 6.45) is 17.5. The SMILES string of the molecule is C=C1C(=CC=CC2CC[C@H]([C@H](C)CCCC(C)(C)O)[C@@]2(C)CCC)CC(O[Si](C)(C)C(C)(C)C)CC1O[Si](C)(C)C(C)(C)C. The van der Waals surface area contributed by atoms with Crippen molar-refractivity contribution in [3.63, 3.8) is 0 Å². The Bertz CT molecular complexity index is 1000. The maximum absolute atomic E-state index is 10.2. The molecule has 0 bridgehead atoms. The zero-order valence-electron chi connectivity index (χ0n) is 32.0. The molecule has 0 aliphatic heterocycles. The molecule has 0 aromatic heterocycles. The molecule has 2 fully saturated rings. The summed E-state index contributed by atoms with van der Waals surface area (Å²) >= 11 is 0. The third-order valence-electron chi connectivity index (χ3n) is 12.3. The Morgan fingerprint density at radius 3 is 2.07 bits per heavy atom. The topological polar surface area (TPSA) is 38.7 Å². The molecule has 44 heavy (non-hydrogen) atoms. The van der Waals surface area contributed by atoms with Crippen LogP contribution in [0.5, 0.6) is 0 Å². The second kappa shape index (κ2) is 14.7.